The predicted molar refractivity (Wildman–Crippen MR) is 51.6 cm³/mol. The van der Waals surface area contributed by atoms with Crippen molar-refractivity contribution in [2.24, 2.45) is 0 Å². The van der Waals surface area contributed by atoms with E-state index in [1.54, 1.807) is 14.2 Å². The molecule has 0 spiro atoms. The maximum Gasteiger partial charge on any atom is 0.150 e. The lowest BCUT2D eigenvalue weighted by molar-refractivity contribution is 0.103. The first kappa shape index (κ1) is 12.9. The molecule has 80 valence electrons. The lowest BCUT2D eigenvalue weighted by Crippen LogP contribution is -1.98. The quantitative estimate of drug-likeness (QED) is 0.636. The van der Waals surface area contributed by atoms with Gasteiger partial charge in [0.15, 0.2) is 0 Å². The molecule has 1 saturated heterocycles. The van der Waals surface area contributed by atoms with Crippen molar-refractivity contribution in [2.45, 2.75) is 12.8 Å². The van der Waals surface area contributed by atoms with Gasteiger partial charge < -0.3 is 9.47 Å². The van der Waals surface area contributed by atoms with Crippen molar-refractivity contribution < 1.29 is 17.9 Å². The van der Waals surface area contributed by atoms with Crippen molar-refractivity contribution in [2.75, 3.05) is 38.9 Å². The summed E-state index contributed by atoms with van der Waals surface area (Å²) in [5.41, 5.74) is 0. The summed E-state index contributed by atoms with van der Waals surface area (Å²) in [6.45, 7) is 1.38. The molecule has 0 unspecified atom stereocenters. The largest absolute Gasteiger partial charge is 0.382 e. The molecule has 0 aromatic heterocycles. The molecule has 0 saturated carbocycles. The van der Waals surface area contributed by atoms with Gasteiger partial charge in [0.25, 0.3) is 0 Å². The van der Waals surface area contributed by atoms with Gasteiger partial charge in [0.2, 0.25) is 0 Å². The molecule has 0 aromatic carbocycles. The van der Waals surface area contributed by atoms with Crippen LogP contribution in [0.3, 0.4) is 0 Å². The van der Waals surface area contributed by atoms with Gasteiger partial charge in [0, 0.05) is 14.2 Å². The van der Waals surface area contributed by atoms with E-state index in [1.165, 1.54) is 0 Å². The lowest BCUT2D eigenvalue weighted by atomic mass is 10.4. The molecule has 1 aliphatic rings. The summed E-state index contributed by atoms with van der Waals surface area (Å²) >= 11 is 0. The molecule has 4 nitrogen and oxygen atoms in total. The molecular formula is C8H18O4S. The minimum atomic E-state index is -2.55. The van der Waals surface area contributed by atoms with E-state index in [0.717, 1.165) is 12.8 Å². The Morgan fingerprint density at radius 1 is 1.00 bits per heavy atom. The van der Waals surface area contributed by atoms with Crippen molar-refractivity contribution in [3.05, 3.63) is 0 Å². The van der Waals surface area contributed by atoms with Gasteiger partial charge in [-0.25, -0.2) is 8.42 Å². The van der Waals surface area contributed by atoms with Crippen LogP contribution in [0.2, 0.25) is 0 Å². The molecule has 0 aliphatic carbocycles. The summed E-state index contributed by atoms with van der Waals surface area (Å²) in [6.07, 6.45) is 1.75. The second kappa shape index (κ2) is 7.29. The highest BCUT2D eigenvalue weighted by atomic mass is 32.2. The Morgan fingerprint density at radius 2 is 1.38 bits per heavy atom. The Morgan fingerprint density at radius 3 is 1.54 bits per heavy atom. The average molecular weight is 210 g/mol. The van der Waals surface area contributed by atoms with Gasteiger partial charge in [0.05, 0.1) is 24.7 Å². The monoisotopic (exact) mass is 210 g/mol. The van der Waals surface area contributed by atoms with Gasteiger partial charge in [-0.05, 0) is 12.8 Å². The van der Waals surface area contributed by atoms with Crippen LogP contribution in [0.25, 0.3) is 0 Å². The molecule has 0 radical (unpaired) electrons. The second-order valence-corrected chi connectivity index (χ2v) is 5.15. The van der Waals surface area contributed by atoms with Crippen LogP contribution in [0.15, 0.2) is 0 Å². The van der Waals surface area contributed by atoms with E-state index in [1.807, 2.05) is 0 Å². The average Bonchev–Trinajstić information content (AvgIpc) is 2.47. The van der Waals surface area contributed by atoms with Gasteiger partial charge >= 0.3 is 0 Å². The predicted octanol–water partition coefficient (Wildman–Crippen LogP) is 0.474. The molecule has 0 aromatic rings. The normalized spacial score (nSPS) is 19.2. The van der Waals surface area contributed by atoms with Gasteiger partial charge in [-0.2, -0.15) is 0 Å². The maximum absolute atomic E-state index is 10.4. The highest BCUT2D eigenvalue weighted by Crippen LogP contribution is 2.08. The molecule has 1 heterocycles. The third-order valence-electron chi connectivity index (χ3n) is 1.65. The first-order valence-electron chi connectivity index (χ1n) is 4.30. The Hall–Kier alpha value is -0.130. The molecule has 0 N–H and O–H groups in total. The number of methoxy groups -OCH3 is 2. The van der Waals surface area contributed by atoms with Crippen molar-refractivity contribution in [1.29, 1.82) is 0 Å². The van der Waals surface area contributed by atoms with E-state index in [9.17, 15) is 8.42 Å². The Bertz CT molecular complexity index is 182. The minimum Gasteiger partial charge on any atom is -0.382 e. The van der Waals surface area contributed by atoms with Gasteiger partial charge in [-0.15, -0.1) is 0 Å². The van der Waals surface area contributed by atoms with Crippen LogP contribution < -0.4 is 0 Å². The molecule has 1 rings (SSSR count). The summed E-state index contributed by atoms with van der Waals surface area (Å²) in [5, 5.41) is 0. The highest BCUT2D eigenvalue weighted by molar-refractivity contribution is 7.91. The van der Waals surface area contributed by atoms with Crippen molar-refractivity contribution in [3.8, 4) is 0 Å². The third-order valence-corrected chi connectivity index (χ3v) is 3.47. The number of ether oxygens (including phenoxy) is 2. The Balaban J connectivity index is 0.000000226. The molecule has 0 amide bonds. The first-order valence-corrected chi connectivity index (χ1v) is 6.13. The molecule has 1 aliphatic heterocycles. The number of hydrogen-bond donors (Lipinski definition) is 0. The fourth-order valence-corrected chi connectivity index (χ4v) is 2.40. The summed E-state index contributed by atoms with van der Waals surface area (Å²) < 4.78 is 30.2. The number of sulfone groups is 1. The molecule has 0 bridgehead atoms. The SMILES string of the molecule is COCCOC.O=S1(=O)CCCC1. The van der Waals surface area contributed by atoms with Crippen molar-refractivity contribution in [1.82, 2.24) is 0 Å². The van der Waals surface area contributed by atoms with Crippen molar-refractivity contribution in [3.63, 3.8) is 0 Å². The van der Waals surface area contributed by atoms with Crippen LogP contribution >= 0.6 is 0 Å². The molecule has 0 atom stereocenters. The Kier molecular flexibility index (Phi) is 7.22. The summed E-state index contributed by atoms with van der Waals surface area (Å²) in [5.74, 6) is 0.847. The van der Waals surface area contributed by atoms with Gasteiger partial charge in [-0.3, -0.25) is 0 Å². The van der Waals surface area contributed by atoms with Crippen molar-refractivity contribution >= 4 is 9.84 Å². The summed E-state index contributed by atoms with van der Waals surface area (Å²) in [7, 11) is 0.757. The van der Waals surface area contributed by atoms with Gasteiger partial charge in [-0.1, -0.05) is 0 Å². The molecular weight excluding hydrogens is 192 g/mol. The van der Waals surface area contributed by atoms with Crippen LogP contribution in [0.1, 0.15) is 12.8 Å². The zero-order valence-electron chi connectivity index (χ0n) is 8.28. The standard InChI is InChI=1S/C4H8O2S.C4H10O2/c5-7(6)3-1-2-4-7;1-5-3-4-6-2/h1-4H2;3-4H2,1-2H3. The maximum atomic E-state index is 10.4. The second-order valence-electron chi connectivity index (χ2n) is 2.84. The first-order chi connectivity index (χ1) is 6.12. The minimum absolute atomic E-state index is 0.424. The number of hydrogen-bond acceptors (Lipinski definition) is 4. The smallest absolute Gasteiger partial charge is 0.150 e. The Labute approximate surface area is 80.1 Å². The van der Waals surface area contributed by atoms with E-state index in [4.69, 9.17) is 0 Å². The molecule has 5 heteroatoms. The van der Waals surface area contributed by atoms with Crippen LogP contribution in [-0.4, -0.2) is 47.4 Å². The van der Waals surface area contributed by atoms with Crippen LogP contribution in [-0.2, 0) is 19.3 Å². The van der Waals surface area contributed by atoms with Crippen LogP contribution in [0.4, 0.5) is 0 Å². The zero-order chi connectivity index (χ0) is 10.2. The molecule has 1 fully saturated rings. The van der Waals surface area contributed by atoms with Gasteiger partial charge in [0.1, 0.15) is 9.84 Å². The highest BCUT2D eigenvalue weighted by Gasteiger charge is 2.16. The van der Waals surface area contributed by atoms with Crippen LogP contribution in [0, 0.1) is 0 Å². The van der Waals surface area contributed by atoms with E-state index in [-0.39, 0.29) is 0 Å². The summed E-state index contributed by atoms with van der Waals surface area (Å²) in [4.78, 5) is 0. The van der Waals surface area contributed by atoms with E-state index in [2.05, 4.69) is 9.47 Å². The topological polar surface area (TPSA) is 52.6 Å². The third kappa shape index (κ3) is 8.21. The fraction of sp³-hybridized carbons (Fsp3) is 1.00. The van der Waals surface area contributed by atoms with E-state index >= 15 is 0 Å². The zero-order valence-corrected chi connectivity index (χ0v) is 9.10. The lowest BCUT2D eigenvalue weighted by Gasteiger charge is -1.91. The molecule has 13 heavy (non-hydrogen) atoms. The summed E-state index contributed by atoms with van der Waals surface area (Å²) in [6, 6.07) is 0. The van der Waals surface area contributed by atoms with E-state index < -0.39 is 9.84 Å². The number of rotatable bonds is 3. The fourth-order valence-electron chi connectivity index (χ4n) is 0.913. The van der Waals surface area contributed by atoms with E-state index in [0.29, 0.717) is 24.7 Å². The van der Waals surface area contributed by atoms with Crippen LogP contribution in [0.5, 0.6) is 0 Å².